The second kappa shape index (κ2) is 5.92. The standard InChI is InChI=1S/C14H21NO2/c1-11(2)17-14-5-3-13(4-6-14)15-9-12-7-8-16-10-12/h3-6,11-12,15H,7-10H2,1-2H3. The van der Waals surface area contributed by atoms with E-state index in [2.05, 4.69) is 17.4 Å². The molecule has 0 aliphatic carbocycles. The van der Waals surface area contributed by atoms with Gasteiger partial charge in [-0.25, -0.2) is 0 Å². The molecule has 1 fully saturated rings. The van der Waals surface area contributed by atoms with Crippen molar-refractivity contribution in [1.29, 1.82) is 0 Å². The van der Waals surface area contributed by atoms with Gasteiger partial charge in [0.25, 0.3) is 0 Å². The Kier molecular flexibility index (Phi) is 4.26. The zero-order chi connectivity index (χ0) is 12.1. The van der Waals surface area contributed by atoms with E-state index in [0.717, 1.165) is 31.2 Å². The molecule has 94 valence electrons. The van der Waals surface area contributed by atoms with Crippen LogP contribution >= 0.6 is 0 Å². The van der Waals surface area contributed by atoms with Crippen molar-refractivity contribution in [3.63, 3.8) is 0 Å². The summed E-state index contributed by atoms with van der Waals surface area (Å²) < 4.78 is 10.9. The van der Waals surface area contributed by atoms with Crippen LogP contribution in [0.25, 0.3) is 0 Å². The van der Waals surface area contributed by atoms with Gasteiger partial charge in [0.05, 0.1) is 12.7 Å². The van der Waals surface area contributed by atoms with Crippen LogP contribution in [-0.2, 0) is 4.74 Å². The summed E-state index contributed by atoms with van der Waals surface area (Å²) in [5.41, 5.74) is 1.15. The Morgan fingerprint density at radius 1 is 1.35 bits per heavy atom. The molecular weight excluding hydrogens is 214 g/mol. The second-order valence-electron chi connectivity index (χ2n) is 4.80. The van der Waals surface area contributed by atoms with Crippen LogP contribution in [-0.4, -0.2) is 25.9 Å². The summed E-state index contributed by atoms with van der Waals surface area (Å²) in [6.07, 6.45) is 1.39. The molecule has 1 aliphatic heterocycles. The van der Waals surface area contributed by atoms with Gasteiger partial charge < -0.3 is 14.8 Å². The van der Waals surface area contributed by atoms with Crippen molar-refractivity contribution in [3.8, 4) is 5.75 Å². The van der Waals surface area contributed by atoms with E-state index in [1.54, 1.807) is 0 Å². The lowest BCUT2D eigenvalue weighted by Crippen LogP contribution is -2.14. The first-order chi connectivity index (χ1) is 8.24. The van der Waals surface area contributed by atoms with Crippen molar-refractivity contribution >= 4 is 5.69 Å². The highest BCUT2D eigenvalue weighted by Crippen LogP contribution is 2.18. The Labute approximate surface area is 103 Å². The molecule has 1 aromatic carbocycles. The maximum Gasteiger partial charge on any atom is 0.119 e. The Bertz CT molecular complexity index is 329. The van der Waals surface area contributed by atoms with Gasteiger partial charge in [0.2, 0.25) is 0 Å². The average molecular weight is 235 g/mol. The van der Waals surface area contributed by atoms with E-state index in [9.17, 15) is 0 Å². The van der Waals surface area contributed by atoms with E-state index in [0.29, 0.717) is 5.92 Å². The van der Waals surface area contributed by atoms with Gasteiger partial charge in [-0.15, -0.1) is 0 Å². The third kappa shape index (κ3) is 3.93. The number of nitrogens with one attached hydrogen (secondary N) is 1. The number of benzene rings is 1. The third-order valence-electron chi connectivity index (χ3n) is 2.84. The molecule has 1 aliphatic rings. The highest BCUT2D eigenvalue weighted by Gasteiger charge is 2.14. The van der Waals surface area contributed by atoms with Gasteiger partial charge in [-0.2, -0.15) is 0 Å². The smallest absolute Gasteiger partial charge is 0.119 e. The van der Waals surface area contributed by atoms with E-state index in [1.165, 1.54) is 6.42 Å². The summed E-state index contributed by atoms with van der Waals surface area (Å²) in [5, 5.41) is 3.43. The fourth-order valence-corrected chi connectivity index (χ4v) is 1.93. The molecule has 0 radical (unpaired) electrons. The van der Waals surface area contributed by atoms with Crippen LogP contribution in [0.4, 0.5) is 5.69 Å². The monoisotopic (exact) mass is 235 g/mol. The molecule has 0 saturated carbocycles. The largest absolute Gasteiger partial charge is 0.491 e. The van der Waals surface area contributed by atoms with Gasteiger partial charge in [0.1, 0.15) is 5.75 Å². The third-order valence-corrected chi connectivity index (χ3v) is 2.84. The van der Waals surface area contributed by atoms with E-state index >= 15 is 0 Å². The van der Waals surface area contributed by atoms with Crippen molar-refractivity contribution < 1.29 is 9.47 Å². The molecule has 1 atom stereocenters. The first kappa shape index (κ1) is 12.2. The molecule has 3 nitrogen and oxygen atoms in total. The lowest BCUT2D eigenvalue weighted by atomic mass is 10.1. The van der Waals surface area contributed by atoms with Crippen molar-refractivity contribution in [2.24, 2.45) is 5.92 Å². The fraction of sp³-hybridized carbons (Fsp3) is 0.571. The van der Waals surface area contributed by atoms with E-state index in [4.69, 9.17) is 9.47 Å². The van der Waals surface area contributed by atoms with Crippen LogP contribution in [0.1, 0.15) is 20.3 Å². The lowest BCUT2D eigenvalue weighted by molar-refractivity contribution is 0.187. The predicted molar refractivity (Wildman–Crippen MR) is 69.6 cm³/mol. The van der Waals surface area contributed by atoms with Gasteiger partial charge in [0, 0.05) is 24.8 Å². The fourth-order valence-electron chi connectivity index (χ4n) is 1.93. The van der Waals surface area contributed by atoms with Gasteiger partial charge in [0.15, 0.2) is 0 Å². The van der Waals surface area contributed by atoms with Crippen LogP contribution in [0.5, 0.6) is 5.75 Å². The van der Waals surface area contributed by atoms with Crippen LogP contribution in [0, 0.1) is 5.92 Å². The maximum atomic E-state index is 5.60. The van der Waals surface area contributed by atoms with Gasteiger partial charge in [-0.05, 0) is 44.5 Å². The molecular formula is C14H21NO2. The Balaban J connectivity index is 1.80. The number of rotatable bonds is 5. The molecule has 0 aromatic heterocycles. The molecule has 0 amide bonds. The zero-order valence-electron chi connectivity index (χ0n) is 10.6. The molecule has 2 rings (SSSR count). The molecule has 1 unspecified atom stereocenters. The van der Waals surface area contributed by atoms with Crippen molar-refractivity contribution in [2.75, 3.05) is 25.1 Å². The van der Waals surface area contributed by atoms with Crippen molar-refractivity contribution in [2.45, 2.75) is 26.4 Å². The number of hydrogen-bond donors (Lipinski definition) is 1. The molecule has 1 N–H and O–H groups in total. The lowest BCUT2D eigenvalue weighted by Gasteiger charge is -2.12. The molecule has 1 heterocycles. The van der Waals surface area contributed by atoms with Crippen molar-refractivity contribution in [1.82, 2.24) is 0 Å². The van der Waals surface area contributed by atoms with Gasteiger partial charge >= 0.3 is 0 Å². The van der Waals surface area contributed by atoms with Gasteiger partial charge in [-0.3, -0.25) is 0 Å². The minimum atomic E-state index is 0.226. The van der Waals surface area contributed by atoms with E-state index in [-0.39, 0.29) is 6.10 Å². The minimum Gasteiger partial charge on any atom is -0.491 e. The summed E-state index contributed by atoms with van der Waals surface area (Å²) in [6.45, 7) is 6.86. The van der Waals surface area contributed by atoms with E-state index in [1.807, 2.05) is 26.0 Å². The summed E-state index contributed by atoms with van der Waals surface area (Å²) in [4.78, 5) is 0. The van der Waals surface area contributed by atoms with Crippen molar-refractivity contribution in [3.05, 3.63) is 24.3 Å². The average Bonchev–Trinajstić information content (AvgIpc) is 2.80. The summed E-state index contributed by atoms with van der Waals surface area (Å²) >= 11 is 0. The number of ether oxygens (including phenoxy) is 2. The quantitative estimate of drug-likeness (QED) is 0.851. The molecule has 0 bridgehead atoms. The van der Waals surface area contributed by atoms with Crippen LogP contribution in [0.3, 0.4) is 0 Å². The minimum absolute atomic E-state index is 0.226. The molecule has 3 heteroatoms. The Morgan fingerprint density at radius 2 is 2.12 bits per heavy atom. The molecule has 17 heavy (non-hydrogen) atoms. The van der Waals surface area contributed by atoms with Crippen LogP contribution in [0.15, 0.2) is 24.3 Å². The summed E-state index contributed by atoms with van der Waals surface area (Å²) in [6, 6.07) is 8.14. The van der Waals surface area contributed by atoms with Crippen LogP contribution < -0.4 is 10.1 Å². The SMILES string of the molecule is CC(C)Oc1ccc(NCC2CCOC2)cc1. The summed E-state index contributed by atoms with van der Waals surface area (Å²) in [7, 11) is 0. The Hall–Kier alpha value is -1.22. The molecule has 0 spiro atoms. The van der Waals surface area contributed by atoms with Gasteiger partial charge in [-0.1, -0.05) is 0 Å². The highest BCUT2D eigenvalue weighted by atomic mass is 16.5. The first-order valence-corrected chi connectivity index (χ1v) is 6.32. The van der Waals surface area contributed by atoms with E-state index < -0.39 is 0 Å². The molecule has 1 aromatic rings. The highest BCUT2D eigenvalue weighted by molar-refractivity contribution is 5.46. The predicted octanol–water partition coefficient (Wildman–Crippen LogP) is 2.92. The second-order valence-corrected chi connectivity index (χ2v) is 4.80. The maximum absolute atomic E-state index is 5.60. The Morgan fingerprint density at radius 3 is 2.71 bits per heavy atom. The number of hydrogen-bond acceptors (Lipinski definition) is 3. The summed E-state index contributed by atoms with van der Waals surface area (Å²) in [5.74, 6) is 1.58. The zero-order valence-corrected chi connectivity index (χ0v) is 10.6. The normalized spacial score (nSPS) is 19.6. The molecule has 1 saturated heterocycles. The van der Waals surface area contributed by atoms with Crippen LogP contribution in [0.2, 0.25) is 0 Å². The first-order valence-electron chi connectivity index (χ1n) is 6.32. The topological polar surface area (TPSA) is 30.5 Å². The number of anilines is 1.